The Morgan fingerprint density at radius 2 is 0.462 bits per heavy atom. The van der Waals surface area contributed by atoms with Gasteiger partial charge in [-0.25, -0.2) is 70.5 Å². The number of phenolic OH excluding ortho intramolecular Hbond substituents is 1. The predicted octanol–water partition coefficient (Wildman–Crippen LogP) is 18.7. The molecule has 0 aromatic heterocycles. The Hall–Kier alpha value is -15.7. The van der Waals surface area contributed by atoms with Crippen molar-refractivity contribution in [1.29, 1.82) is 0 Å². The van der Waals surface area contributed by atoms with E-state index in [9.17, 15) is 75.6 Å². The van der Waals surface area contributed by atoms with E-state index in [4.69, 9.17) is 39.7 Å². The van der Waals surface area contributed by atoms with Crippen molar-refractivity contribution in [2.45, 2.75) is 89.9 Å². The number of carbonyl (C=O) groups is 5. The molecular weight excluding hydrogens is 1930 g/mol. The summed E-state index contributed by atoms with van der Waals surface area (Å²) in [5.74, 6) is -3.71. The van der Waals surface area contributed by atoms with Gasteiger partial charge in [-0.05, 0) is 214 Å². The van der Waals surface area contributed by atoms with Crippen LogP contribution in [0.2, 0.25) is 0 Å². The summed E-state index contributed by atoms with van der Waals surface area (Å²) in [6.45, 7) is 0.838. The number of carboxylic acids is 5. The van der Waals surface area contributed by atoms with Crippen molar-refractivity contribution in [3.63, 3.8) is 0 Å². The Morgan fingerprint density at radius 3 is 0.762 bits per heavy atom. The zero-order valence-electron chi connectivity index (χ0n) is 77.3. The van der Waals surface area contributed by atoms with Gasteiger partial charge < -0.3 is 44.8 Å². The number of halogens is 1. The van der Waals surface area contributed by atoms with Crippen molar-refractivity contribution in [2.75, 3.05) is 21.3 Å². The lowest BCUT2D eigenvalue weighted by Crippen LogP contribution is -2.30. The normalized spacial score (nSPS) is 11.4. The topological polar surface area (TPSA) is 421 Å². The highest BCUT2D eigenvalue weighted by molar-refractivity contribution is 7.90. The van der Waals surface area contributed by atoms with E-state index in [2.05, 4.69) is 0 Å². The summed E-state index contributed by atoms with van der Waals surface area (Å²) in [5.41, 5.74) is 7.38. The van der Waals surface area contributed by atoms with Crippen LogP contribution in [0.5, 0.6) is 23.0 Å². The molecule has 0 bridgehead atoms. The minimum Gasteiger partial charge on any atom is -0.508 e. The van der Waals surface area contributed by atoms with E-state index in [0.717, 1.165) is 27.8 Å². The fraction of sp³-hybridized carbons (Fsp3) is 0.120. The average Bonchev–Trinajstić information content (AvgIpc) is 0.808. The molecule has 15 aromatic carbocycles. The van der Waals surface area contributed by atoms with Gasteiger partial charge in [0.2, 0.25) is 50.1 Å². The van der Waals surface area contributed by atoms with E-state index in [1.807, 2.05) is 72.8 Å². The fourth-order valence-corrected chi connectivity index (χ4v) is 21.3. The molecule has 0 saturated heterocycles. The molecule has 143 heavy (non-hydrogen) atoms. The maximum absolute atomic E-state index is 14.1. The molecule has 0 fully saturated rings. The summed E-state index contributed by atoms with van der Waals surface area (Å²) in [6, 6.07) is 105. The van der Waals surface area contributed by atoms with Gasteiger partial charge in [0.05, 0.1) is 73.6 Å². The molecule has 0 spiro atoms. The Balaban J connectivity index is 0.000000171. The van der Waals surface area contributed by atoms with Crippen LogP contribution in [-0.4, -0.2) is 145 Å². The molecule has 0 aliphatic rings. The van der Waals surface area contributed by atoms with Crippen LogP contribution < -0.4 is 14.2 Å². The number of para-hydroxylation sites is 1. The molecule has 0 radical (unpaired) electrons. The highest BCUT2D eigenvalue weighted by atomic mass is 32.2. The second kappa shape index (κ2) is 51.0. The highest BCUT2D eigenvalue weighted by Crippen LogP contribution is 2.32. The smallest absolute Gasteiger partial charge is 0.335 e. The fourth-order valence-electron chi connectivity index (χ4n) is 14.2. The molecule has 0 saturated carbocycles. The molecule has 738 valence electrons. The lowest BCUT2D eigenvalue weighted by molar-refractivity contribution is 0.0686. The minimum absolute atomic E-state index is 0.0205. The lowest BCUT2D eigenvalue weighted by Gasteiger charge is -2.23. The van der Waals surface area contributed by atoms with Crippen LogP contribution in [0.4, 0.5) is 4.39 Å². The van der Waals surface area contributed by atoms with Gasteiger partial charge in [0.1, 0.15) is 28.8 Å². The molecule has 0 atom stereocenters. The van der Waals surface area contributed by atoms with Gasteiger partial charge in [-0.15, -0.1) is 0 Å². The van der Waals surface area contributed by atoms with Crippen molar-refractivity contribution in [3.05, 3.63) is 484 Å². The standard InChI is InChI=1S/3C22H21NO5S.C21H18FNO4S.C21H19NO5S/c1-28-20-7-5-6-18(14-20)16-23(29(26,27)21-8-3-2-4-9-21)15-17-10-12-19(13-11-17)22(24)25;1-28-21-10-6-5-7-19(21)16-23(29(26,27)20-8-3-2-4-9-20)15-17-11-13-18(14-12-17)22(24)25;1-28-20-13-9-18(10-14-20)16-23(29(26,27)21-5-3-2-4-6-21)15-17-7-11-19(12-8-17)22(24)25;22-20-9-5-4-6-18(20)15-23(28(26,27)19-7-2-1-3-8-19)14-16-10-12-17(13-11-16)21(24)25;23-19-10-6-17(7-11-19)15-22(14-16-4-2-1-3-5-16)28(26,27)20-12-8-18(9-13-20)21(24)25/h3*2-14H,15-16H2,1H3,(H,24,25);1-13H,14-15H2,(H,24,25);1-13,23H,14-15H2,(H,24,25). The number of aromatic carboxylic acids is 5. The number of rotatable bonds is 38. The van der Waals surface area contributed by atoms with Crippen LogP contribution in [0.15, 0.2) is 419 Å². The number of ether oxygens (including phenoxy) is 3. The molecule has 0 heterocycles. The molecule has 35 heteroatoms. The van der Waals surface area contributed by atoms with Crippen LogP contribution >= 0.6 is 0 Å². The van der Waals surface area contributed by atoms with E-state index in [0.29, 0.717) is 39.5 Å². The number of carboxylic acid groups (broad SMARTS) is 5. The molecule has 0 aliphatic heterocycles. The minimum atomic E-state index is -3.89. The Morgan fingerprint density at radius 1 is 0.231 bits per heavy atom. The van der Waals surface area contributed by atoms with Gasteiger partial charge in [0, 0.05) is 76.6 Å². The van der Waals surface area contributed by atoms with E-state index < -0.39 is 85.8 Å². The number of benzene rings is 15. The zero-order valence-corrected chi connectivity index (χ0v) is 81.4. The van der Waals surface area contributed by atoms with E-state index in [1.54, 1.807) is 234 Å². The van der Waals surface area contributed by atoms with Crippen molar-refractivity contribution in [3.8, 4) is 23.0 Å². The molecule has 0 amide bonds. The Kier molecular flexibility index (Phi) is 38.4. The summed E-state index contributed by atoms with van der Waals surface area (Å²) >= 11 is 0. The number of hydrogen-bond acceptors (Lipinski definition) is 19. The molecule has 15 rings (SSSR count). The highest BCUT2D eigenvalue weighted by Gasteiger charge is 2.32. The van der Waals surface area contributed by atoms with E-state index >= 15 is 0 Å². The van der Waals surface area contributed by atoms with Crippen LogP contribution in [0, 0.1) is 5.82 Å². The first-order valence-corrected chi connectivity index (χ1v) is 50.9. The first kappa shape index (κ1) is 108. The molecular formula is C108H100FN5O24S5. The van der Waals surface area contributed by atoms with Crippen molar-refractivity contribution < 1.29 is 115 Å². The molecule has 15 aromatic rings. The maximum atomic E-state index is 14.1. The number of phenols is 1. The molecule has 0 aliphatic carbocycles. The summed E-state index contributed by atoms with van der Waals surface area (Å²) in [6.07, 6.45) is 0. The van der Waals surface area contributed by atoms with Crippen molar-refractivity contribution >= 4 is 80.0 Å². The van der Waals surface area contributed by atoms with Crippen LogP contribution in [0.25, 0.3) is 0 Å². The quantitative estimate of drug-likeness (QED) is 0.0209. The second-order valence-electron chi connectivity index (χ2n) is 31.7. The molecule has 6 N–H and O–H groups in total. The van der Waals surface area contributed by atoms with Gasteiger partial charge in [0.15, 0.2) is 0 Å². The van der Waals surface area contributed by atoms with Gasteiger partial charge in [-0.1, -0.05) is 224 Å². The number of methoxy groups -OCH3 is 3. The lowest BCUT2D eigenvalue weighted by atomic mass is 10.1. The monoisotopic (exact) mass is 2030 g/mol. The third kappa shape index (κ3) is 30.7. The SMILES string of the molecule is COc1ccc(CN(Cc2ccc(C(=O)O)cc2)S(=O)(=O)c2ccccc2)cc1.COc1cccc(CN(Cc2ccc(C(=O)O)cc2)S(=O)(=O)c2ccccc2)c1.COc1ccccc1CN(Cc1ccc(C(=O)O)cc1)S(=O)(=O)c1ccccc1.O=C(O)c1ccc(CN(Cc2ccccc2F)S(=O)(=O)c2ccccc2)cc1.O=C(O)c1ccc(S(=O)(=O)N(Cc2ccccc2)Cc2ccc(O)cc2)cc1. The first-order valence-electron chi connectivity index (χ1n) is 43.7. The Bertz CT molecular complexity index is 7400. The van der Waals surface area contributed by atoms with Crippen LogP contribution in [0.3, 0.4) is 0 Å². The van der Waals surface area contributed by atoms with E-state index in [1.165, 1.54) is 131 Å². The number of aromatic hydroxyl groups is 1. The predicted molar refractivity (Wildman–Crippen MR) is 535 cm³/mol. The van der Waals surface area contributed by atoms with Gasteiger partial charge in [-0.2, -0.15) is 21.5 Å². The van der Waals surface area contributed by atoms with E-state index in [-0.39, 0.29) is 129 Å². The van der Waals surface area contributed by atoms with Crippen LogP contribution in [0.1, 0.15) is 107 Å². The maximum Gasteiger partial charge on any atom is 0.335 e. The summed E-state index contributed by atoms with van der Waals surface area (Å²) in [7, 11) is -14.4. The van der Waals surface area contributed by atoms with Gasteiger partial charge >= 0.3 is 29.8 Å². The summed E-state index contributed by atoms with van der Waals surface area (Å²) in [4.78, 5) is 55.9. The van der Waals surface area contributed by atoms with Crippen molar-refractivity contribution in [1.82, 2.24) is 21.5 Å². The summed E-state index contributed by atoms with van der Waals surface area (Å²) in [5, 5.41) is 54.7. The largest absolute Gasteiger partial charge is 0.508 e. The number of sulfonamides is 5. The second-order valence-corrected chi connectivity index (χ2v) is 41.4. The van der Waals surface area contributed by atoms with Gasteiger partial charge in [-0.3, -0.25) is 0 Å². The Labute approximate surface area is 829 Å². The van der Waals surface area contributed by atoms with Gasteiger partial charge in [0.25, 0.3) is 0 Å². The molecule has 0 unspecified atom stereocenters. The third-order valence-corrected chi connectivity index (χ3v) is 30.9. The first-order chi connectivity index (χ1) is 68.4. The molecule has 29 nitrogen and oxygen atoms in total. The third-order valence-electron chi connectivity index (χ3n) is 21.9. The number of nitrogens with zero attached hydrogens (tertiary/aromatic N) is 5. The zero-order chi connectivity index (χ0) is 103. The average molecular weight is 2030 g/mol. The van der Waals surface area contributed by atoms with Crippen molar-refractivity contribution in [2.24, 2.45) is 0 Å². The summed E-state index contributed by atoms with van der Waals surface area (Å²) < 4.78 is 169. The number of hydrogen-bond donors (Lipinski definition) is 6. The van der Waals surface area contributed by atoms with Crippen LogP contribution in [-0.2, 0) is 116 Å².